The fourth-order valence-electron chi connectivity index (χ4n) is 2.68. The van der Waals surface area contributed by atoms with Gasteiger partial charge in [-0.1, -0.05) is 12.1 Å². The van der Waals surface area contributed by atoms with Gasteiger partial charge < -0.3 is 10.1 Å². The van der Waals surface area contributed by atoms with E-state index in [0.717, 1.165) is 16.0 Å². The third-order valence-electron chi connectivity index (χ3n) is 4.21. The van der Waals surface area contributed by atoms with Crippen LogP contribution in [0.5, 0.6) is 0 Å². The monoisotopic (exact) mass is 383 g/mol. The predicted molar refractivity (Wildman–Crippen MR) is 105 cm³/mol. The molecule has 27 heavy (non-hydrogen) atoms. The number of hydrogen-bond donors (Lipinski definition) is 1. The molecule has 0 spiro atoms. The van der Waals surface area contributed by atoms with Crippen LogP contribution < -0.4 is 5.32 Å². The van der Waals surface area contributed by atoms with Crippen molar-refractivity contribution in [1.29, 1.82) is 0 Å². The molecule has 0 bridgehead atoms. The fraction of sp³-hybridized carbons (Fsp3) is 0.250. The van der Waals surface area contributed by atoms with Gasteiger partial charge in [0.05, 0.1) is 18.7 Å². The zero-order valence-electron chi connectivity index (χ0n) is 15.5. The Hall–Kier alpha value is -2.93. The van der Waals surface area contributed by atoms with Crippen LogP contribution in [-0.4, -0.2) is 28.3 Å². The van der Waals surface area contributed by atoms with Crippen molar-refractivity contribution >= 4 is 28.2 Å². The number of aryl methyl sites for hydroxylation is 1. The molecule has 3 aromatic rings. The largest absolute Gasteiger partial charge is 0.462 e. The van der Waals surface area contributed by atoms with Crippen molar-refractivity contribution in [1.82, 2.24) is 9.78 Å². The number of carbonyl (C=O) groups is 2. The first kappa shape index (κ1) is 18.8. The third-order valence-corrected chi connectivity index (χ3v) is 5.33. The molecule has 0 aliphatic carbocycles. The van der Waals surface area contributed by atoms with E-state index in [1.165, 1.54) is 11.3 Å². The number of carbonyl (C=O) groups excluding carboxylic acids is 2. The van der Waals surface area contributed by atoms with Gasteiger partial charge in [0.1, 0.15) is 5.00 Å². The molecule has 0 unspecified atom stereocenters. The molecule has 0 saturated heterocycles. The van der Waals surface area contributed by atoms with Crippen LogP contribution in [0.2, 0.25) is 0 Å². The number of ether oxygens (including phenoxy) is 1. The highest BCUT2D eigenvalue weighted by atomic mass is 32.1. The Kier molecular flexibility index (Phi) is 5.71. The van der Waals surface area contributed by atoms with E-state index in [2.05, 4.69) is 10.4 Å². The summed E-state index contributed by atoms with van der Waals surface area (Å²) in [6.07, 6.45) is 3.62. The van der Waals surface area contributed by atoms with Crippen molar-refractivity contribution in [3.63, 3.8) is 0 Å². The topological polar surface area (TPSA) is 73.2 Å². The first-order chi connectivity index (χ1) is 13.0. The van der Waals surface area contributed by atoms with Gasteiger partial charge in [-0.25, -0.2) is 4.79 Å². The molecule has 3 rings (SSSR count). The Labute approximate surface area is 161 Å². The van der Waals surface area contributed by atoms with Crippen molar-refractivity contribution in [3.05, 3.63) is 69.9 Å². The predicted octanol–water partition coefficient (Wildman–Crippen LogP) is 4.04. The maximum atomic E-state index is 12.6. The molecule has 6 nitrogen and oxygen atoms in total. The van der Waals surface area contributed by atoms with Crippen LogP contribution in [0.4, 0.5) is 5.00 Å². The smallest absolute Gasteiger partial charge is 0.341 e. The molecule has 7 heteroatoms. The number of rotatable bonds is 6. The molecule has 140 valence electrons. The molecular weight excluding hydrogens is 362 g/mol. The summed E-state index contributed by atoms with van der Waals surface area (Å²) in [5.74, 6) is -0.670. The number of thiophene rings is 1. The van der Waals surface area contributed by atoms with E-state index in [0.29, 0.717) is 22.7 Å². The third kappa shape index (κ3) is 4.25. The quantitative estimate of drug-likeness (QED) is 0.652. The maximum Gasteiger partial charge on any atom is 0.341 e. The summed E-state index contributed by atoms with van der Waals surface area (Å²) in [5.41, 5.74) is 2.84. The van der Waals surface area contributed by atoms with Gasteiger partial charge in [0, 0.05) is 22.8 Å². The summed E-state index contributed by atoms with van der Waals surface area (Å²) in [7, 11) is 0. The second kappa shape index (κ2) is 8.18. The Morgan fingerprint density at radius 1 is 1.22 bits per heavy atom. The molecule has 0 radical (unpaired) electrons. The van der Waals surface area contributed by atoms with Crippen molar-refractivity contribution in [3.8, 4) is 0 Å². The molecular formula is C20H21N3O3S. The second-order valence-corrected chi connectivity index (χ2v) is 7.29. The normalized spacial score (nSPS) is 10.6. The van der Waals surface area contributed by atoms with E-state index in [9.17, 15) is 9.59 Å². The van der Waals surface area contributed by atoms with Crippen LogP contribution in [-0.2, 0) is 11.3 Å². The van der Waals surface area contributed by atoms with Crippen molar-refractivity contribution in [2.24, 2.45) is 0 Å². The molecule has 0 aliphatic rings. The number of nitrogens with one attached hydrogen (secondary N) is 1. The lowest BCUT2D eigenvalue weighted by atomic mass is 10.1. The summed E-state index contributed by atoms with van der Waals surface area (Å²) < 4.78 is 6.94. The zero-order valence-corrected chi connectivity index (χ0v) is 16.3. The van der Waals surface area contributed by atoms with E-state index in [-0.39, 0.29) is 12.5 Å². The lowest BCUT2D eigenvalue weighted by Crippen LogP contribution is -2.15. The first-order valence-corrected chi connectivity index (χ1v) is 9.46. The SMILES string of the molecule is CCOC(=O)c1c(NC(=O)c2ccc(Cn3cccn3)cc2)sc(C)c1C. The van der Waals surface area contributed by atoms with Gasteiger partial charge in [0.25, 0.3) is 5.91 Å². The van der Waals surface area contributed by atoms with Gasteiger partial charge in [-0.15, -0.1) is 11.3 Å². The number of anilines is 1. The van der Waals surface area contributed by atoms with E-state index < -0.39 is 5.97 Å². The Morgan fingerprint density at radius 2 is 1.96 bits per heavy atom. The van der Waals surface area contributed by atoms with Crippen LogP contribution in [0, 0.1) is 13.8 Å². The number of aromatic nitrogens is 2. The van der Waals surface area contributed by atoms with Crippen LogP contribution in [0.15, 0.2) is 42.7 Å². The summed E-state index contributed by atoms with van der Waals surface area (Å²) in [6, 6.07) is 9.20. The minimum absolute atomic E-state index is 0.257. The average molecular weight is 383 g/mol. The highest BCUT2D eigenvalue weighted by Crippen LogP contribution is 2.33. The lowest BCUT2D eigenvalue weighted by Gasteiger charge is -2.08. The van der Waals surface area contributed by atoms with Gasteiger partial charge in [-0.2, -0.15) is 5.10 Å². The minimum atomic E-state index is -0.413. The molecule has 1 N–H and O–H groups in total. The summed E-state index contributed by atoms with van der Waals surface area (Å²) in [4.78, 5) is 25.8. The van der Waals surface area contributed by atoms with E-state index in [4.69, 9.17) is 4.74 Å². The molecule has 0 fully saturated rings. The Balaban J connectivity index is 1.75. The second-order valence-electron chi connectivity index (χ2n) is 6.06. The molecule has 1 aromatic carbocycles. The maximum absolute atomic E-state index is 12.6. The van der Waals surface area contributed by atoms with Gasteiger partial charge in [-0.3, -0.25) is 9.48 Å². The van der Waals surface area contributed by atoms with Crippen LogP contribution in [0.25, 0.3) is 0 Å². The Bertz CT molecular complexity index is 944. The molecule has 0 atom stereocenters. The van der Waals surface area contributed by atoms with Crippen molar-refractivity contribution < 1.29 is 14.3 Å². The number of nitrogens with zero attached hydrogens (tertiary/aromatic N) is 2. The summed E-state index contributed by atoms with van der Waals surface area (Å²) in [5, 5.41) is 7.55. The first-order valence-electron chi connectivity index (χ1n) is 8.64. The van der Waals surface area contributed by atoms with Gasteiger partial charge >= 0.3 is 5.97 Å². The number of benzene rings is 1. The van der Waals surface area contributed by atoms with Crippen LogP contribution in [0.1, 0.15) is 43.6 Å². The van der Waals surface area contributed by atoms with E-state index in [1.54, 1.807) is 25.3 Å². The molecule has 0 saturated carbocycles. The van der Waals surface area contributed by atoms with Crippen molar-refractivity contribution in [2.45, 2.75) is 27.3 Å². The Morgan fingerprint density at radius 3 is 2.59 bits per heavy atom. The summed E-state index contributed by atoms with van der Waals surface area (Å²) >= 11 is 1.38. The average Bonchev–Trinajstić information content (AvgIpc) is 3.24. The summed E-state index contributed by atoms with van der Waals surface area (Å²) in [6.45, 7) is 6.47. The highest BCUT2D eigenvalue weighted by Gasteiger charge is 2.22. The molecule has 2 aromatic heterocycles. The van der Waals surface area contributed by atoms with Gasteiger partial charge in [-0.05, 0) is 50.1 Å². The molecule has 1 amide bonds. The molecule has 2 heterocycles. The number of hydrogen-bond acceptors (Lipinski definition) is 5. The lowest BCUT2D eigenvalue weighted by molar-refractivity contribution is 0.0527. The van der Waals surface area contributed by atoms with Crippen molar-refractivity contribution in [2.75, 3.05) is 11.9 Å². The van der Waals surface area contributed by atoms with Gasteiger partial charge in [0.2, 0.25) is 0 Å². The fourth-order valence-corrected chi connectivity index (χ4v) is 3.73. The van der Waals surface area contributed by atoms with E-state index >= 15 is 0 Å². The van der Waals surface area contributed by atoms with Gasteiger partial charge in [0.15, 0.2) is 0 Å². The number of esters is 1. The zero-order chi connectivity index (χ0) is 19.4. The highest BCUT2D eigenvalue weighted by molar-refractivity contribution is 7.16. The van der Waals surface area contributed by atoms with Crippen LogP contribution in [0.3, 0.4) is 0 Å². The van der Waals surface area contributed by atoms with E-state index in [1.807, 2.05) is 42.9 Å². The van der Waals surface area contributed by atoms with Crippen LogP contribution >= 0.6 is 11.3 Å². The molecule has 0 aliphatic heterocycles. The minimum Gasteiger partial charge on any atom is -0.462 e. The standard InChI is InChI=1S/C20H21N3O3S/c1-4-26-20(25)17-13(2)14(3)27-19(17)22-18(24)16-8-6-15(7-9-16)12-23-11-5-10-21-23/h5-11H,4,12H2,1-3H3,(H,22,24). The number of amides is 1.